The van der Waals surface area contributed by atoms with Crippen LogP contribution >= 0.6 is 11.6 Å². The van der Waals surface area contributed by atoms with E-state index >= 15 is 33.6 Å². The molecule has 3 saturated heterocycles. The van der Waals surface area contributed by atoms with Gasteiger partial charge in [-0.25, -0.2) is 0 Å². The van der Waals surface area contributed by atoms with Crippen LogP contribution in [0.5, 0.6) is 0 Å². The fourth-order valence-electron chi connectivity index (χ4n) is 17.7. The Labute approximate surface area is 638 Å². The smallest absolute Gasteiger partial charge is 0.381 e. The molecule has 11 atom stereocenters. The third-order valence-corrected chi connectivity index (χ3v) is 25.4. The van der Waals surface area contributed by atoms with Crippen LogP contribution in [-0.4, -0.2) is 277 Å². The SMILES string of the molecule is CC[C@H](C)[C@@H]1NC(=O)[C@H](CC(C)C)N(C)C(=O)C[C@@H](C(=O)N2CCCCC2)N(C)C(=O)[C@H](C2CCCCC2)N(C)C(=O)C2(CCCC2)NC(=O)[C@H](CCC2CCOCC2)N(C)C(=O)[C@H](CCC2CCC(C(F)(F)F)C(Cl)C2)NC(=O)CN(C)C(=O)[C@H](CC2CCCCC2)N(C)C(=O)CN(C)C(=O)CN(C)C1=O. The highest BCUT2D eigenvalue weighted by Crippen LogP contribution is 2.44. The van der Waals surface area contributed by atoms with Crippen molar-refractivity contribution in [1.29, 1.82) is 0 Å². The van der Waals surface area contributed by atoms with Gasteiger partial charge in [0.25, 0.3) is 0 Å². The number of amides is 12. The Morgan fingerprint density at radius 3 is 1.73 bits per heavy atom. The fourth-order valence-corrected chi connectivity index (χ4v) is 18.2. The highest BCUT2D eigenvalue weighted by molar-refractivity contribution is 6.21. The normalized spacial score (nSPS) is 29.5. The maximum atomic E-state index is 16.0. The number of hydrogen-bond donors (Lipinski definition) is 3. The number of rotatable bonds is 14. The van der Waals surface area contributed by atoms with E-state index in [1.54, 1.807) is 18.9 Å². The zero-order valence-electron chi connectivity index (χ0n) is 66.2. The molecule has 7 aliphatic rings. The average molecular weight is 1530 g/mol. The van der Waals surface area contributed by atoms with Crippen molar-refractivity contribution in [3.8, 4) is 0 Å². The van der Waals surface area contributed by atoms with Gasteiger partial charge in [0.1, 0.15) is 47.8 Å². The maximum absolute atomic E-state index is 16.0. The van der Waals surface area contributed by atoms with Crippen LogP contribution in [0.25, 0.3) is 0 Å². The molecule has 7 fully saturated rings. The van der Waals surface area contributed by atoms with E-state index < -0.39 is 174 Å². The van der Waals surface area contributed by atoms with E-state index in [-0.39, 0.29) is 87.9 Å². The Morgan fingerprint density at radius 1 is 0.551 bits per heavy atom. The molecule has 0 aromatic heterocycles. The van der Waals surface area contributed by atoms with Gasteiger partial charge in [0.15, 0.2) is 0 Å². The minimum Gasteiger partial charge on any atom is -0.381 e. The molecule has 29 heteroatoms. The van der Waals surface area contributed by atoms with Gasteiger partial charge >= 0.3 is 6.18 Å². The van der Waals surface area contributed by atoms with Crippen LogP contribution in [0.15, 0.2) is 0 Å². The van der Waals surface area contributed by atoms with Crippen molar-refractivity contribution < 1.29 is 75.4 Å². The fraction of sp³-hybridized carbons (Fsp3) is 0.846. The molecule has 107 heavy (non-hydrogen) atoms. The highest BCUT2D eigenvalue weighted by atomic mass is 35.5. The van der Waals surface area contributed by atoms with E-state index in [0.29, 0.717) is 90.5 Å². The number of likely N-dealkylation sites (N-methyl/N-ethyl adjacent to an activating group) is 8. The lowest BCUT2D eigenvalue weighted by Crippen LogP contribution is -2.65. The summed E-state index contributed by atoms with van der Waals surface area (Å²) in [5, 5.41) is 7.74. The van der Waals surface area contributed by atoms with E-state index in [0.717, 1.165) is 67.6 Å². The molecule has 4 aliphatic carbocycles. The van der Waals surface area contributed by atoms with Gasteiger partial charge in [-0.3, -0.25) is 57.5 Å². The first-order chi connectivity index (χ1) is 50.6. The average Bonchev–Trinajstić information content (AvgIpc) is 1.47. The summed E-state index contributed by atoms with van der Waals surface area (Å²) >= 11 is 6.47. The van der Waals surface area contributed by atoms with E-state index in [9.17, 15) is 37.1 Å². The van der Waals surface area contributed by atoms with Crippen molar-refractivity contribution in [1.82, 2.24) is 60.0 Å². The van der Waals surface area contributed by atoms with Crippen molar-refractivity contribution in [2.75, 3.05) is 102 Å². The maximum Gasteiger partial charge on any atom is 0.393 e. The minimum atomic E-state index is -4.52. The number of ether oxygens (including phenoxy) is 1. The number of nitrogens with one attached hydrogen (secondary N) is 3. The molecule has 25 nitrogen and oxygen atoms in total. The summed E-state index contributed by atoms with van der Waals surface area (Å²) in [4.78, 5) is 194. The van der Waals surface area contributed by atoms with Crippen LogP contribution in [0.2, 0.25) is 0 Å². The second kappa shape index (κ2) is 40.6. The summed E-state index contributed by atoms with van der Waals surface area (Å²) in [7, 11) is 11.6. The molecule has 0 aromatic rings. The molecular formula is C78H128ClF3N12O13. The van der Waals surface area contributed by atoms with Crippen LogP contribution in [0.1, 0.15) is 220 Å². The number of likely N-dealkylation sites (tertiary alicyclic amines) is 1. The lowest BCUT2D eigenvalue weighted by Gasteiger charge is -2.43. The first-order valence-electron chi connectivity index (χ1n) is 40.1. The first kappa shape index (κ1) is 87.9. The molecule has 7 rings (SSSR count). The van der Waals surface area contributed by atoms with Crippen LogP contribution in [0.3, 0.4) is 0 Å². The Bertz CT molecular complexity index is 3050. The van der Waals surface area contributed by atoms with Crippen molar-refractivity contribution in [3.63, 3.8) is 0 Å². The summed E-state index contributed by atoms with van der Waals surface area (Å²) in [5.41, 5.74) is -1.60. The number of nitrogens with zero attached hydrogens (tertiary/aromatic N) is 9. The number of hydrogen-bond acceptors (Lipinski definition) is 13. The van der Waals surface area contributed by atoms with E-state index in [1.807, 2.05) is 20.8 Å². The summed E-state index contributed by atoms with van der Waals surface area (Å²) in [6.45, 7) is 7.45. The summed E-state index contributed by atoms with van der Waals surface area (Å²) in [5.74, 6) is -10.6. The van der Waals surface area contributed by atoms with E-state index in [1.165, 1.54) is 78.7 Å². The van der Waals surface area contributed by atoms with Crippen LogP contribution in [0, 0.1) is 41.4 Å². The molecule has 4 saturated carbocycles. The van der Waals surface area contributed by atoms with Gasteiger partial charge in [-0.05, 0) is 151 Å². The molecule has 0 aromatic carbocycles. The number of carbonyl (C=O) groups excluding carboxylic acids is 12. The monoisotopic (exact) mass is 1530 g/mol. The van der Waals surface area contributed by atoms with Gasteiger partial charge < -0.3 is 64.8 Å². The number of carbonyl (C=O) groups is 12. The van der Waals surface area contributed by atoms with Crippen molar-refractivity contribution >= 4 is 82.5 Å². The third-order valence-electron chi connectivity index (χ3n) is 24.9. The number of halogens is 4. The van der Waals surface area contributed by atoms with Crippen LogP contribution < -0.4 is 16.0 Å². The van der Waals surface area contributed by atoms with Gasteiger partial charge in [-0.15, -0.1) is 11.6 Å². The van der Waals surface area contributed by atoms with Gasteiger partial charge in [0.2, 0.25) is 70.9 Å². The Kier molecular flexibility index (Phi) is 33.3. The summed E-state index contributed by atoms with van der Waals surface area (Å²) < 4.78 is 48.2. The van der Waals surface area contributed by atoms with E-state index in [2.05, 4.69) is 16.0 Å². The molecule has 3 aliphatic heterocycles. The molecule has 3 unspecified atom stereocenters. The van der Waals surface area contributed by atoms with E-state index in [4.69, 9.17) is 16.3 Å². The quantitative estimate of drug-likeness (QED) is 0.142. The largest absolute Gasteiger partial charge is 0.393 e. The van der Waals surface area contributed by atoms with Crippen LogP contribution in [-0.2, 0) is 62.3 Å². The van der Waals surface area contributed by atoms with Crippen molar-refractivity contribution in [2.24, 2.45) is 41.4 Å². The standard InChI is InChI=1S/C78H128ClF3N12O13/c1-13-51(4)67-74(104)88(7)48-65(97)86(5)49-66(98)90(9)61(45-53-25-17-14-18-26-53)72(102)87(6)47-63(95)83-58(33-30-54-29-32-56(57(79)44-54)78(80,81)82)71(101)91(10)59(34-31-52-35-41-107-42-36-52)70(100)85-77(37-21-22-38-77)76(106)93(12)68(55-27-19-15-20-28-55)75(105)92(11)62(73(103)94-39-23-16-24-40-94)46-64(96)89(8)60(43-50(2)3)69(99)84-67/h50-62,67-68H,13-49H2,1-12H3,(H,83,95)(H,84,99)(H,85,100)/t51-,54?,56?,57?,58-,59-,60-,61-,62-,67-,68-/m0/s1. The summed E-state index contributed by atoms with van der Waals surface area (Å²) in [6.07, 6.45) is 9.03. The minimum absolute atomic E-state index is 0.0135. The van der Waals surface area contributed by atoms with Gasteiger partial charge in [0.05, 0.1) is 32.0 Å². The lowest BCUT2D eigenvalue weighted by atomic mass is 9.78. The molecule has 1 spiro atoms. The van der Waals surface area contributed by atoms with Crippen molar-refractivity contribution in [2.45, 2.75) is 280 Å². The van der Waals surface area contributed by atoms with Crippen molar-refractivity contribution in [3.05, 3.63) is 0 Å². The summed E-state index contributed by atoms with van der Waals surface area (Å²) in [6, 6.07) is -8.76. The number of alkyl halides is 4. The second-order valence-corrected chi connectivity index (χ2v) is 33.7. The Morgan fingerprint density at radius 2 is 1.13 bits per heavy atom. The predicted molar refractivity (Wildman–Crippen MR) is 399 cm³/mol. The zero-order valence-corrected chi connectivity index (χ0v) is 66.9. The Balaban J connectivity index is 1.32. The van der Waals surface area contributed by atoms with Crippen LogP contribution in [0.4, 0.5) is 13.2 Å². The third kappa shape index (κ3) is 23.6. The molecular weight excluding hydrogens is 1410 g/mol. The van der Waals surface area contributed by atoms with Gasteiger partial charge in [0, 0.05) is 88.1 Å². The Hall–Kier alpha value is -6.32. The van der Waals surface area contributed by atoms with Gasteiger partial charge in [-0.1, -0.05) is 98.3 Å². The highest BCUT2D eigenvalue weighted by Gasteiger charge is 2.52. The topological polar surface area (TPSA) is 279 Å². The molecule has 3 heterocycles. The van der Waals surface area contributed by atoms with Gasteiger partial charge in [-0.2, -0.15) is 13.2 Å². The predicted octanol–water partition coefficient (Wildman–Crippen LogP) is 7.53. The molecule has 12 amide bonds. The zero-order chi connectivity index (χ0) is 78.8. The molecule has 3 N–H and O–H groups in total. The molecule has 606 valence electrons. The number of piperidine rings is 1. The molecule has 0 radical (unpaired) electrons. The molecule has 0 bridgehead atoms. The second-order valence-electron chi connectivity index (χ2n) is 33.2. The first-order valence-corrected chi connectivity index (χ1v) is 40.6. The lowest BCUT2D eigenvalue weighted by molar-refractivity contribution is -0.182.